The second-order valence-corrected chi connectivity index (χ2v) is 3.11. The summed E-state index contributed by atoms with van der Waals surface area (Å²) >= 11 is 0. The lowest BCUT2D eigenvalue weighted by atomic mass is 10.2. The molecular weight excluding hydrogens is 182 g/mol. The SMILES string of the molecule is CC.CC.Cc1ccccc1NC(C)C. The number of benzene rings is 1. The summed E-state index contributed by atoms with van der Waals surface area (Å²) in [5, 5.41) is 3.37. The van der Waals surface area contributed by atoms with Gasteiger partial charge in [0.1, 0.15) is 0 Å². The summed E-state index contributed by atoms with van der Waals surface area (Å²) in [5.41, 5.74) is 2.55. The number of hydrogen-bond acceptors (Lipinski definition) is 1. The third-order valence-corrected chi connectivity index (χ3v) is 1.59. The smallest absolute Gasteiger partial charge is 0.0371 e. The molecule has 0 amide bonds. The third-order valence-electron chi connectivity index (χ3n) is 1.59. The Bertz CT molecular complexity index is 229. The van der Waals surface area contributed by atoms with Gasteiger partial charge in [0.05, 0.1) is 0 Å². The van der Waals surface area contributed by atoms with Gasteiger partial charge in [0.25, 0.3) is 0 Å². The zero-order valence-corrected chi connectivity index (χ0v) is 11.4. The van der Waals surface area contributed by atoms with E-state index >= 15 is 0 Å². The molecule has 1 nitrogen and oxygen atoms in total. The lowest BCUT2D eigenvalue weighted by molar-refractivity contribution is 0.897. The largest absolute Gasteiger partial charge is 0.383 e. The molecule has 0 spiro atoms. The molecular formula is C14H27N. The van der Waals surface area contributed by atoms with Gasteiger partial charge in [-0.15, -0.1) is 0 Å². The van der Waals surface area contributed by atoms with E-state index in [0.717, 1.165) is 0 Å². The van der Waals surface area contributed by atoms with E-state index in [0.29, 0.717) is 6.04 Å². The zero-order valence-electron chi connectivity index (χ0n) is 11.4. The van der Waals surface area contributed by atoms with Crippen LogP contribution in [-0.4, -0.2) is 6.04 Å². The molecule has 0 aliphatic heterocycles. The van der Waals surface area contributed by atoms with Crippen LogP contribution in [-0.2, 0) is 0 Å². The Kier molecular flexibility index (Phi) is 12.2. The Labute approximate surface area is 95.9 Å². The predicted octanol–water partition coefficient (Wildman–Crippen LogP) is 4.87. The van der Waals surface area contributed by atoms with Gasteiger partial charge < -0.3 is 5.32 Å². The fourth-order valence-corrected chi connectivity index (χ4v) is 1.05. The Morgan fingerprint density at radius 1 is 0.933 bits per heavy atom. The maximum absolute atomic E-state index is 3.37. The minimum atomic E-state index is 0.510. The molecule has 0 bridgehead atoms. The van der Waals surface area contributed by atoms with Crippen molar-refractivity contribution >= 4 is 5.69 Å². The summed E-state index contributed by atoms with van der Waals surface area (Å²) in [6.07, 6.45) is 0. The molecule has 0 radical (unpaired) electrons. The van der Waals surface area contributed by atoms with Gasteiger partial charge in [-0.1, -0.05) is 45.9 Å². The molecule has 0 atom stereocenters. The predicted molar refractivity (Wildman–Crippen MR) is 72.6 cm³/mol. The number of hydrogen-bond donors (Lipinski definition) is 1. The van der Waals surface area contributed by atoms with E-state index in [1.807, 2.05) is 27.7 Å². The van der Waals surface area contributed by atoms with E-state index in [9.17, 15) is 0 Å². The van der Waals surface area contributed by atoms with Crippen molar-refractivity contribution in [3.63, 3.8) is 0 Å². The molecule has 88 valence electrons. The van der Waals surface area contributed by atoms with Crippen LogP contribution in [0.4, 0.5) is 5.69 Å². The molecule has 1 N–H and O–H groups in total. The van der Waals surface area contributed by atoms with Gasteiger partial charge in [0.2, 0.25) is 0 Å². The first-order valence-corrected chi connectivity index (χ1v) is 6.02. The van der Waals surface area contributed by atoms with Gasteiger partial charge >= 0.3 is 0 Å². The van der Waals surface area contributed by atoms with Crippen LogP contribution in [0.1, 0.15) is 47.1 Å². The van der Waals surface area contributed by atoms with Crippen LogP contribution in [0.2, 0.25) is 0 Å². The lowest BCUT2D eigenvalue weighted by Crippen LogP contribution is -2.10. The van der Waals surface area contributed by atoms with Crippen molar-refractivity contribution in [1.82, 2.24) is 0 Å². The summed E-state index contributed by atoms with van der Waals surface area (Å²) in [5.74, 6) is 0. The van der Waals surface area contributed by atoms with E-state index < -0.39 is 0 Å². The maximum Gasteiger partial charge on any atom is 0.0371 e. The molecule has 1 aromatic rings. The number of rotatable bonds is 2. The molecule has 0 unspecified atom stereocenters. The standard InChI is InChI=1S/C10H15N.2C2H6/c1-8(2)11-10-7-5-4-6-9(10)3;2*1-2/h4-8,11H,1-3H3;2*1-2H3. The van der Waals surface area contributed by atoms with Crippen LogP contribution < -0.4 is 5.32 Å². The van der Waals surface area contributed by atoms with Gasteiger partial charge in [0.15, 0.2) is 0 Å². The molecule has 0 saturated heterocycles. The van der Waals surface area contributed by atoms with Crippen molar-refractivity contribution in [2.45, 2.75) is 54.5 Å². The van der Waals surface area contributed by atoms with Gasteiger partial charge in [-0.2, -0.15) is 0 Å². The van der Waals surface area contributed by atoms with E-state index in [2.05, 4.69) is 50.4 Å². The summed E-state index contributed by atoms with van der Waals surface area (Å²) in [6, 6.07) is 8.84. The zero-order chi connectivity index (χ0) is 12.3. The normalized spacial score (nSPS) is 8.27. The van der Waals surface area contributed by atoms with Crippen LogP contribution in [0.5, 0.6) is 0 Å². The Morgan fingerprint density at radius 2 is 1.40 bits per heavy atom. The summed E-state index contributed by atoms with van der Waals surface area (Å²) < 4.78 is 0. The number of para-hydroxylation sites is 1. The highest BCUT2D eigenvalue weighted by Crippen LogP contribution is 2.13. The first kappa shape index (κ1) is 16.4. The molecule has 0 fully saturated rings. The van der Waals surface area contributed by atoms with E-state index in [1.54, 1.807) is 0 Å². The van der Waals surface area contributed by atoms with Gasteiger partial charge in [-0.25, -0.2) is 0 Å². The molecule has 0 aromatic heterocycles. The van der Waals surface area contributed by atoms with Gasteiger partial charge in [0, 0.05) is 11.7 Å². The van der Waals surface area contributed by atoms with Crippen LogP contribution >= 0.6 is 0 Å². The summed E-state index contributed by atoms with van der Waals surface area (Å²) in [6.45, 7) is 14.4. The highest BCUT2D eigenvalue weighted by Gasteiger charge is 1.96. The summed E-state index contributed by atoms with van der Waals surface area (Å²) in [7, 11) is 0. The van der Waals surface area contributed by atoms with Crippen LogP contribution in [0.25, 0.3) is 0 Å². The summed E-state index contributed by atoms with van der Waals surface area (Å²) in [4.78, 5) is 0. The number of aryl methyl sites for hydroxylation is 1. The minimum absolute atomic E-state index is 0.510. The topological polar surface area (TPSA) is 12.0 Å². The Hall–Kier alpha value is -0.980. The van der Waals surface area contributed by atoms with E-state index in [-0.39, 0.29) is 0 Å². The molecule has 0 aliphatic rings. The quantitative estimate of drug-likeness (QED) is 0.733. The molecule has 0 saturated carbocycles. The maximum atomic E-state index is 3.37. The van der Waals surface area contributed by atoms with Crippen LogP contribution in [0, 0.1) is 6.92 Å². The van der Waals surface area contributed by atoms with Crippen molar-refractivity contribution in [3.05, 3.63) is 29.8 Å². The van der Waals surface area contributed by atoms with Crippen molar-refractivity contribution in [3.8, 4) is 0 Å². The Morgan fingerprint density at radius 3 is 1.80 bits per heavy atom. The second kappa shape index (κ2) is 11.1. The van der Waals surface area contributed by atoms with Crippen LogP contribution in [0.3, 0.4) is 0 Å². The van der Waals surface area contributed by atoms with Gasteiger partial charge in [-0.3, -0.25) is 0 Å². The molecule has 0 aliphatic carbocycles. The molecule has 0 heterocycles. The fraction of sp³-hybridized carbons (Fsp3) is 0.571. The van der Waals surface area contributed by atoms with Crippen LogP contribution in [0.15, 0.2) is 24.3 Å². The van der Waals surface area contributed by atoms with Crippen molar-refractivity contribution in [1.29, 1.82) is 0 Å². The van der Waals surface area contributed by atoms with Crippen molar-refractivity contribution in [2.24, 2.45) is 0 Å². The minimum Gasteiger partial charge on any atom is -0.383 e. The third kappa shape index (κ3) is 8.04. The highest BCUT2D eigenvalue weighted by atomic mass is 14.9. The lowest BCUT2D eigenvalue weighted by Gasteiger charge is -2.11. The fourth-order valence-electron chi connectivity index (χ4n) is 1.05. The molecule has 1 aromatic carbocycles. The number of nitrogens with one attached hydrogen (secondary N) is 1. The van der Waals surface area contributed by atoms with E-state index in [4.69, 9.17) is 0 Å². The average Bonchev–Trinajstić information content (AvgIpc) is 2.27. The first-order chi connectivity index (χ1) is 7.20. The highest BCUT2D eigenvalue weighted by molar-refractivity contribution is 5.50. The molecule has 15 heavy (non-hydrogen) atoms. The molecule has 1 rings (SSSR count). The van der Waals surface area contributed by atoms with Gasteiger partial charge in [-0.05, 0) is 32.4 Å². The second-order valence-electron chi connectivity index (χ2n) is 3.11. The molecule has 1 heteroatoms. The monoisotopic (exact) mass is 209 g/mol. The number of anilines is 1. The first-order valence-electron chi connectivity index (χ1n) is 6.02. The van der Waals surface area contributed by atoms with E-state index in [1.165, 1.54) is 11.3 Å². The van der Waals surface area contributed by atoms with Crippen molar-refractivity contribution < 1.29 is 0 Å². The van der Waals surface area contributed by atoms with Crippen molar-refractivity contribution in [2.75, 3.05) is 5.32 Å². The average molecular weight is 209 g/mol. The Balaban J connectivity index is 0.